The van der Waals surface area contributed by atoms with Crippen molar-refractivity contribution in [1.82, 2.24) is 4.98 Å². The van der Waals surface area contributed by atoms with Crippen LogP contribution in [-0.4, -0.2) is 18.0 Å². The van der Waals surface area contributed by atoms with E-state index in [1.807, 2.05) is 66.0 Å². The molecule has 1 aromatic heterocycles. The second kappa shape index (κ2) is 8.58. The van der Waals surface area contributed by atoms with Gasteiger partial charge >= 0.3 is 0 Å². The lowest BCUT2D eigenvalue weighted by Crippen LogP contribution is -2.12. The van der Waals surface area contributed by atoms with Gasteiger partial charge in [0.05, 0.1) is 18.4 Å². The van der Waals surface area contributed by atoms with Gasteiger partial charge in [-0.3, -0.25) is 10.1 Å². The van der Waals surface area contributed by atoms with Gasteiger partial charge in [0, 0.05) is 10.9 Å². The average Bonchev–Trinajstić information content (AvgIpc) is 3.23. The lowest BCUT2D eigenvalue weighted by molar-refractivity contribution is 0.102. The number of hydrogen-bond acceptors (Lipinski definition) is 5. The fourth-order valence-electron chi connectivity index (χ4n) is 2.75. The second-order valence-electron chi connectivity index (χ2n) is 6.13. The normalized spacial score (nSPS) is 10.4. The number of benzene rings is 3. The van der Waals surface area contributed by atoms with Crippen LogP contribution in [-0.2, 0) is 0 Å². The summed E-state index contributed by atoms with van der Waals surface area (Å²) in [4.78, 5) is 17.3. The van der Waals surface area contributed by atoms with E-state index in [2.05, 4.69) is 10.3 Å². The second-order valence-corrected chi connectivity index (χ2v) is 6.99. The van der Waals surface area contributed by atoms with Crippen LogP contribution in [0.1, 0.15) is 10.4 Å². The van der Waals surface area contributed by atoms with Crippen LogP contribution >= 0.6 is 11.3 Å². The molecule has 3 aromatic carbocycles. The Balaban J connectivity index is 1.51. The first kappa shape index (κ1) is 18.7. The van der Waals surface area contributed by atoms with E-state index >= 15 is 0 Å². The maximum Gasteiger partial charge on any atom is 0.261 e. The minimum absolute atomic E-state index is 0.271. The molecule has 0 saturated carbocycles. The molecule has 0 spiro atoms. The van der Waals surface area contributed by atoms with Crippen LogP contribution in [0, 0.1) is 0 Å². The van der Waals surface area contributed by atoms with Crippen molar-refractivity contribution in [3.8, 4) is 28.5 Å². The van der Waals surface area contributed by atoms with E-state index in [4.69, 9.17) is 9.47 Å². The quantitative estimate of drug-likeness (QED) is 0.439. The highest BCUT2D eigenvalue weighted by Gasteiger charge is 2.15. The van der Waals surface area contributed by atoms with Crippen molar-refractivity contribution >= 4 is 22.4 Å². The number of aromatic nitrogens is 1. The van der Waals surface area contributed by atoms with Gasteiger partial charge in [-0.2, -0.15) is 0 Å². The minimum Gasteiger partial charge on any atom is -0.497 e. The summed E-state index contributed by atoms with van der Waals surface area (Å²) in [5.74, 6) is 1.67. The number of rotatable bonds is 6. The van der Waals surface area contributed by atoms with E-state index in [1.54, 1.807) is 25.3 Å². The van der Waals surface area contributed by atoms with Gasteiger partial charge in [0.1, 0.15) is 17.2 Å². The lowest BCUT2D eigenvalue weighted by atomic mass is 10.2. The third kappa shape index (κ3) is 4.44. The number of carbonyl (C=O) groups is 1. The Hall–Kier alpha value is -3.64. The molecule has 0 bridgehead atoms. The summed E-state index contributed by atoms with van der Waals surface area (Å²) in [6.07, 6.45) is 0. The molecule has 0 radical (unpaired) electrons. The smallest absolute Gasteiger partial charge is 0.261 e. The molecule has 0 saturated heterocycles. The predicted molar refractivity (Wildman–Crippen MR) is 115 cm³/mol. The zero-order valence-electron chi connectivity index (χ0n) is 15.7. The monoisotopic (exact) mass is 402 g/mol. The molecule has 0 aliphatic heterocycles. The number of methoxy groups -OCH3 is 1. The van der Waals surface area contributed by atoms with Crippen LogP contribution in [0.2, 0.25) is 0 Å². The van der Waals surface area contributed by atoms with Crippen LogP contribution in [0.15, 0.2) is 84.2 Å². The SMILES string of the molecule is COc1ccc(-c2csc(NC(=O)c3ccccc3Oc3ccccc3)n2)cc1. The Morgan fingerprint density at radius 2 is 1.62 bits per heavy atom. The highest BCUT2D eigenvalue weighted by atomic mass is 32.1. The molecule has 0 unspecified atom stereocenters. The number of anilines is 1. The van der Waals surface area contributed by atoms with E-state index < -0.39 is 0 Å². The van der Waals surface area contributed by atoms with Crippen molar-refractivity contribution in [2.45, 2.75) is 0 Å². The zero-order chi connectivity index (χ0) is 20.1. The number of nitrogens with one attached hydrogen (secondary N) is 1. The molecule has 4 aromatic rings. The summed E-state index contributed by atoms with van der Waals surface area (Å²) in [5, 5.41) is 5.29. The van der Waals surface area contributed by atoms with Gasteiger partial charge in [0.25, 0.3) is 5.91 Å². The Morgan fingerprint density at radius 1 is 0.897 bits per heavy atom. The first-order valence-corrected chi connectivity index (χ1v) is 9.84. The molecule has 4 rings (SSSR count). The number of amides is 1. The first-order chi connectivity index (χ1) is 14.2. The largest absolute Gasteiger partial charge is 0.497 e. The number of ether oxygens (including phenoxy) is 2. The maximum absolute atomic E-state index is 12.8. The summed E-state index contributed by atoms with van der Waals surface area (Å²) in [6.45, 7) is 0. The molecule has 1 heterocycles. The molecule has 0 aliphatic carbocycles. The van der Waals surface area contributed by atoms with E-state index in [1.165, 1.54) is 11.3 Å². The number of carbonyl (C=O) groups excluding carboxylic acids is 1. The van der Waals surface area contributed by atoms with Crippen LogP contribution < -0.4 is 14.8 Å². The topological polar surface area (TPSA) is 60.5 Å². The third-order valence-electron chi connectivity index (χ3n) is 4.21. The molecular weight excluding hydrogens is 384 g/mol. The Labute approximate surface area is 172 Å². The minimum atomic E-state index is -0.271. The van der Waals surface area contributed by atoms with Crippen molar-refractivity contribution in [1.29, 1.82) is 0 Å². The zero-order valence-corrected chi connectivity index (χ0v) is 16.5. The summed E-state index contributed by atoms with van der Waals surface area (Å²) in [5.41, 5.74) is 2.19. The molecule has 0 fully saturated rings. The molecule has 0 atom stereocenters. The van der Waals surface area contributed by atoms with Crippen LogP contribution in [0.5, 0.6) is 17.2 Å². The van der Waals surface area contributed by atoms with Crippen molar-refractivity contribution in [2.75, 3.05) is 12.4 Å². The van der Waals surface area contributed by atoms with E-state index in [0.717, 1.165) is 17.0 Å². The van der Waals surface area contributed by atoms with Crippen molar-refractivity contribution in [3.05, 3.63) is 89.8 Å². The number of para-hydroxylation sites is 2. The van der Waals surface area contributed by atoms with Crippen LogP contribution in [0.4, 0.5) is 5.13 Å². The van der Waals surface area contributed by atoms with Gasteiger partial charge in [0.2, 0.25) is 0 Å². The molecule has 6 heteroatoms. The maximum atomic E-state index is 12.8. The highest BCUT2D eigenvalue weighted by molar-refractivity contribution is 7.14. The molecule has 29 heavy (non-hydrogen) atoms. The summed E-state index contributed by atoms with van der Waals surface area (Å²) in [7, 11) is 1.63. The Morgan fingerprint density at radius 3 is 2.38 bits per heavy atom. The first-order valence-electron chi connectivity index (χ1n) is 8.96. The summed E-state index contributed by atoms with van der Waals surface area (Å²) >= 11 is 1.37. The molecular formula is C23H18N2O3S. The third-order valence-corrected chi connectivity index (χ3v) is 4.97. The lowest BCUT2D eigenvalue weighted by Gasteiger charge is -2.10. The van der Waals surface area contributed by atoms with E-state index in [0.29, 0.717) is 22.2 Å². The molecule has 0 aliphatic rings. The van der Waals surface area contributed by atoms with Crippen LogP contribution in [0.3, 0.4) is 0 Å². The van der Waals surface area contributed by atoms with Gasteiger partial charge in [-0.15, -0.1) is 11.3 Å². The van der Waals surface area contributed by atoms with Gasteiger partial charge in [-0.1, -0.05) is 30.3 Å². The number of nitrogens with zero attached hydrogens (tertiary/aromatic N) is 1. The van der Waals surface area contributed by atoms with Crippen molar-refractivity contribution in [3.63, 3.8) is 0 Å². The van der Waals surface area contributed by atoms with Gasteiger partial charge in [0.15, 0.2) is 5.13 Å². The molecule has 144 valence electrons. The van der Waals surface area contributed by atoms with Gasteiger partial charge < -0.3 is 9.47 Å². The number of thiazole rings is 1. The van der Waals surface area contributed by atoms with Gasteiger partial charge in [-0.25, -0.2) is 4.98 Å². The van der Waals surface area contributed by atoms with E-state index in [9.17, 15) is 4.79 Å². The predicted octanol–water partition coefficient (Wildman–Crippen LogP) is 5.86. The summed E-state index contributed by atoms with van der Waals surface area (Å²) < 4.78 is 11.1. The fourth-order valence-corrected chi connectivity index (χ4v) is 3.46. The molecule has 5 nitrogen and oxygen atoms in total. The molecule has 1 amide bonds. The van der Waals surface area contributed by atoms with E-state index in [-0.39, 0.29) is 5.91 Å². The van der Waals surface area contributed by atoms with Gasteiger partial charge in [-0.05, 0) is 48.5 Å². The van der Waals surface area contributed by atoms with Crippen molar-refractivity contribution < 1.29 is 14.3 Å². The standard InChI is InChI=1S/C23H18N2O3S/c1-27-17-13-11-16(12-14-17)20-15-29-23(24-20)25-22(26)19-9-5-6-10-21(19)28-18-7-3-2-4-8-18/h2-15H,1H3,(H,24,25,26). The summed E-state index contributed by atoms with van der Waals surface area (Å²) in [6, 6.07) is 24.1. The molecule has 1 N–H and O–H groups in total. The van der Waals surface area contributed by atoms with Crippen molar-refractivity contribution in [2.24, 2.45) is 0 Å². The highest BCUT2D eigenvalue weighted by Crippen LogP contribution is 2.29. The number of hydrogen-bond donors (Lipinski definition) is 1. The Kier molecular flexibility index (Phi) is 5.54. The fraction of sp³-hybridized carbons (Fsp3) is 0.0435. The Bertz CT molecular complexity index is 1110. The average molecular weight is 402 g/mol. The van der Waals surface area contributed by atoms with Crippen LogP contribution in [0.25, 0.3) is 11.3 Å².